The number of para-hydroxylation sites is 2. The molecular weight excluding hydrogens is 611 g/mol. The van der Waals surface area contributed by atoms with Crippen molar-refractivity contribution in [3.8, 4) is 51.8 Å². The summed E-state index contributed by atoms with van der Waals surface area (Å²) in [5.74, 6) is 0. The molecule has 50 heavy (non-hydrogen) atoms. The zero-order chi connectivity index (χ0) is 33.8. The van der Waals surface area contributed by atoms with Gasteiger partial charge in [0.1, 0.15) is 0 Å². The third-order valence-electron chi connectivity index (χ3n) is 9.58. The van der Waals surface area contributed by atoms with Crippen molar-refractivity contribution in [2.24, 2.45) is 0 Å². The maximum absolute atomic E-state index is 10.1. The number of hydrogen-bond donors (Lipinski definition) is 0. The van der Waals surface area contributed by atoms with Crippen LogP contribution in [0.3, 0.4) is 0 Å². The lowest BCUT2D eigenvalue weighted by Gasteiger charge is -2.15. The van der Waals surface area contributed by atoms with E-state index in [0.29, 0.717) is 16.7 Å². The van der Waals surface area contributed by atoms with Gasteiger partial charge in [-0.05, 0) is 113 Å². The molecule has 9 aromatic rings. The molecule has 230 valence electrons. The maximum Gasteiger partial charge on any atom is 0.0998 e. The Balaban J connectivity index is 1.34. The van der Waals surface area contributed by atoms with Crippen molar-refractivity contribution in [2.45, 2.75) is 0 Å². The SMILES string of the molecule is N#Cc1ccc2c(c1)c1cc(C#N)ccc1n2-c1cc(-c2ccc3c(c2)c2ccccc2n3-c2ccccc2)cc(-c2ccccc2C#N)c1. The second kappa shape index (κ2) is 11.4. The predicted octanol–water partition coefficient (Wildman–Crippen LogP) is 10.8. The van der Waals surface area contributed by atoms with E-state index in [-0.39, 0.29) is 0 Å². The van der Waals surface area contributed by atoms with Crippen molar-refractivity contribution in [3.63, 3.8) is 0 Å². The van der Waals surface area contributed by atoms with E-state index < -0.39 is 0 Å². The average molecular weight is 636 g/mol. The minimum atomic E-state index is 0.555. The van der Waals surface area contributed by atoms with Gasteiger partial charge in [-0.3, -0.25) is 0 Å². The average Bonchev–Trinajstić information content (AvgIpc) is 3.69. The zero-order valence-corrected chi connectivity index (χ0v) is 26.7. The van der Waals surface area contributed by atoms with Gasteiger partial charge in [-0.25, -0.2) is 0 Å². The highest BCUT2D eigenvalue weighted by atomic mass is 15.0. The molecule has 9 rings (SSSR count). The Bertz CT molecular complexity index is 2890. The molecule has 0 fully saturated rings. The minimum Gasteiger partial charge on any atom is -0.309 e. The first-order valence-electron chi connectivity index (χ1n) is 16.3. The van der Waals surface area contributed by atoms with Gasteiger partial charge in [0.25, 0.3) is 0 Å². The van der Waals surface area contributed by atoms with E-state index in [1.807, 2.05) is 66.7 Å². The Hall–Kier alpha value is -7.39. The zero-order valence-electron chi connectivity index (χ0n) is 26.7. The fraction of sp³-hybridized carbons (Fsp3) is 0. The maximum atomic E-state index is 10.1. The Labute approximate surface area is 287 Å². The molecule has 0 aliphatic heterocycles. The lowest BCUT2D eigenvalue weighted by atomic mass is 9.94. The van der Waals surface area contributed by atoms with Crippen LogP contribution >= 0.6 is 0 Å². The molecule has 0 saturated heterocycles. The molecule has 2 heterocycles. The molecule has 5 nitrogen and oxygen atoms in total. The molecule has 0 spiro atoms. The van der Waals surface area contributed by atoms with Crippen LogP contribution in [0.2, 0.25) is 0 Å². The van der Waals surface area contributed by atoms with Gasteiger partial charge in [-0.2, -0.15) is 15.8 Å². The van der Waals surface area contributed by atoms with E-state index in [9.17, 15) is 15.8 Å². The van der Waals surface area contributed by atoms with Gasteiger partial charge < -0.3 is 9.13 Å². The summed E-state index contributed by atoms with van der Waals surface area (Å²) in [7, 11) is 0. The summed E-state index contributed by atoms with van der Waals surface area (Å²) in [4.78, 5) is 0. The van der Waals surface area contributed by atoms with Crippen molar-refractivity contribution in [1.82, 2.24) is 9.13 Å². The first-order valence-corrected chi connectivity index (χ1v) is 16.3. The van der Waals surface area contributed by atoms with Crippen LogP contribution in [0.25, 0.3) is 77.2 Å². The van der Waals surface area contributed by atoms with Crippen LogP contribution in [0.15, 0.2) is 152 Å². The molecule has 5 heteroatoms. The first-order chi connectivity index (χ1) is 24.6. The predicted molar refractivity (Wildman–Crippen MR) is 200 cm³/mol. The van der Waals surface area contributed by atoms with Crippen LogP contribution in [0.4, 0.5) is 0 Å². The molecule has 0 bridgehead atoms. The van der Waals surface area contributed by atoms with Gasteiger partial charge in [0.05, 0.1) is 57.0 Å². The van der Waals surface area contributed by atoms with Crippen molar-refractivity contribution in [3.05, 3.63) is 168 Å². The summed E-state index contributed by atoms with van der Waals surface area (Å²) in [6.45, 7) is 0. The van der Waals surface area contributed by atoms with E-state index >= 15 is 0 Å². The number of nitrogens with zero attached hydrogens (tertiary/aromatic N) is 5. The van der Waals surface area contributed by atoms with Crippen LogP contribution in [0, 0.1) is 34.0 Å². The van der Waals surface area contributed by atoms with Gasteiger partial charge in [-0.1, -0.05) is 60.7 Å². The largest absolute Gasteiger partial charge is 0.309 e. The monoisotopic (exact) mass is 635 g/mol. The molecule has 2 aromatic heterocycles. The van der Waals surface area contributed by atoms with Gasteiger partial charge in [0.15, 0.2) is 0 Å². The molecule has 0 aliphatic carbocycles. The van der Waals surface area contributed by atoms with Crippen molar-refractivity contribution in [2.75, 3.05) is 0 Å². The van der Waals surface area contributed by atoms with Crippen molar-refractivity contribution >= 4 is 43.6 Å². The van der Waals surface area contributed by atoms with Crippen molar-refractivity contribution in [1.29, 1.82) is 15.8 Å². The van der Waals surface area contributed by atoms with E-state index in [1.54, 1.807) is 0 Å². The lowest BCUT2D eigenvalue weighted by Crippen LogP contribution is -1.97. The molecule has 0 aliphatic rings. The Morgan fingerprint density at radius 1 is 0.360 bits per heavy atom. The third-order valence-corrected chi connectivity index (χ3v) is 9.58. The standard InChI is InChI=1S/C45H25N5/c46-26-29-14-17-43-39(20-29)40-21-30(27-47)15-18-44(40)50(43)36-23-33(22-34(24-36)37-11-5-4-8-32(37)28-48)31-16-19-45-41(25-31)38-12-6-7-13-42(38)49(45)35-9-2-1-3-10-35/h1-25H. The van der Waals surface area contributed by atoms with Gasteiger partial charge in [0.2, 0.25) is 0 Å². The molecule has 0 atom stereocenters. The second-order valence-corrected chi connectivity index (χ2v) is 12.4. The highest BCUT2D eigenvalue weighted by molar-refractivity contribution is 6.11. The van der Waals surface area contributed by atoms with Crippen LogP contribution in [-0.2, 0) is 0 Å². The highest BCUT2D eigenvalue weighted by Gasteiger charge is 2.18. The number of fused-ring (bicyclic) bond motifs is 6. The molecule has 0 unspecified atom stereocenters. The minimum absolute atomic E-state index is 0.555. The second-order valence-electron chi connectivity index (χ2n) is 12.4. The fourth-order valence-corrected chi connectivity index (χ4v) is 7.34. The van der Waals surface area contributed by atoms with Crippen LogP contribution in [-0.4, -0.2) is 9.13 Å². The Morgan fingerprint density at radius 3 is 1.62 bits per heavy atom. The summed E-state index contributed by atoms with van der Waals surface area (Å²) in [5, 5.41) is 33.7. The normalized spacial score (nSPS) is 11.1. The number of hydrogen-bond acceptors (Lipinski definition) is 3. The molecular formula is C45H25N5. The number of aromatic nitrogens is 2. The third kappa shape index (κ3) is 4.45. The summed E-state index contributed by atoms with van der Waals surface area (Å²) < 4.78 is 4.50. The van der Waals surface area contributed by atoms with Crippen LogP contribution in [0.5, 0.6) is 0 Å². The Kier molecular flexibility index (Phi) is 6.56. The quantitative estimate of drug-likeness (QED) is 0.193. The van der Waals surface area contributed by atoms with Crippen molar-refractivity contribution < 1.29 is 0 Å². The Morgan fingerprint density at radius 2 is 0.920 bits per heavy atom. The van der Waals surface area contributed by atoms with Gasteiger partial charge >= 0.3 is 0 Å². The summed E-state index contributed by atoms with van der Waals surface area (Å²) in [6, 6.07) is 58.0. The summed E-state index contributed by atoms with van der Waals surface area (Å²) in [6.07, 6.45) is 0. The number of nitriles is 3. The number of rotatable bonds is 4. The molecule has 7 aromatic carbocycles. The first kappa shape index (κ1) is 28.8. The van der Waals surface area contributed by atoms with E-state index in [4.69, 9.17) is 0 Å². The van der Waals surface area contributed by atoms with E-state index in [2.05, 4.69) is 112 Å². The molecule has 0 amide bonds. The fourth-order valence-electron chi connectivity index (χ4n) is 7.34. The smallest absolute Gasteiger partial charge is 0.0998 e. The van der Waals surface area contributed by atoms with Gasteiger partial charge in [0, 0.05) is 32.9 Å². The summed E-state index contributed by atoms with van der Waals surface area (Å²) in [5.41, 5.74) is 11.6. The topological polar surface area (TPSA) is 81.2 Å². The lowest BCUT2D eigenvalue weighted by molar-refractivity contribution is 1.18. The van der Waals surface area contributed by atoms with E-state index in [1.165, 1.54) is 5.39 Å². The van der Waals surface area contributed by atoms with Crippen LogP contribution < -0.4 is 0 Å². The van der Waals surface area contributed by atoms with Gasteiger partial charge in [-0.15, -0.1) is 0 Å². The number of benzene rings is 7. The summed E-state index contributed by atoms with van der Waals surface area (Å²) >= 11 is 0. The molecule has 0 radical (unpaired) electrons. The van der Waals surface area contributed by atoms with Crippen LogP contribution in [0.1, 0.15) is 16.7 Å². The molecule has 0 N–H and O–H groups in total. The van der Waals surface area contributed by atoms with E-state index in [0.717, 1.165) is 71.9 Å². The molecule has 0 saturated carbocycles. The highest BCUT2D eigenvalue weighted by Crippen LogP contribution is 2.39.